The third kappa shape index (κ3) is 3.44. The minimum absolute atomic E-state index is 0.0869. The first-order valence-electron chi connectivity index (χ1n) is 7.58. The van der Waals surface area contributed by atoms with Gasteiger partial charge in [-0.05, 0) is 65.7 Å². The maximum atomic E-state index is 5.86. The van der Waals surface area contributed by atoms with Crippen LogP contribution in [0.1, 0.15) is 39.5 Å². The smallest absolute Gasteiger partial charge is 0.186 e. The molecular formula is C14H28N2O2. The molecule has 2 rings (SSSR count). The molecule has 2 heterocycles. The van der Waals surface area contributed by atoms with Crippen molar-refractivity contribution in [1.82, 2.24) is 9.80 Å². The molecule has 0 radical (unpaired) electrons. The molecular weight excluding hydrogens is 228 g/mol. The van der Waals surface area contributed by atoms with Crippen LogP contribution in [0.25, 0.3) is 0 Å². The summed E-state index contributed by atoms with van der Waals surface area (Å²) in [5.74, 6) is 0. The van der Waals surface area contributed by atoms with E-state index in [2.05, 4.69) is 23.6 Å². The van der Waals surface area contributed by atoms with Gasteiger partial charge < -0.3 is 9.47 Å². The van der Waals surface area contributed by atoms with E-state index in [9.17, 15) is 0 Å². The van der Waals surface area contributed by atoms with Gasteiger partial charge >= 0.3 is 0 Å². The van der Waals surface area contributed by atoms with E-state index in [4.69, 9.17) is 9.47 Å². The summed E-state index contributed by atoms with van der Waals surface area (Å²) in [5, 5.41) is 0. The molecule has 0 bridgehead atoms. The Bertz CT molecular complexity index is 204. The molecule has 0 spiro atoms. The van der Waals surface area contributed by atoms with Gasteiger partial charge in [-0.25, -0.2) is 0 Å². The molecule has 18 heavy (non-hydrogen) atoms. The highest BCUT2D eigenvalue weighted by Gasteiger charge is 2.36. The Morgan fingerprint density at radius 2 is 1.17 bits per heavy atom. The van der Waals surface area contributed by atoms with E-state index in [1.165, 1.54) is 51.9 Å². The predicted molar refractivity (Wildman–Crippen MR) is 72.4 cm³/mol. The first kappa shape index (κ1) is 14.3. The molecule has 0 atom stereocenters. The van der Waals surface area contributed by atoms with Crippen molar-refractivity contribution in [2.24, 2.45) is 0 Å². The van der Waals surface area contributed by atoms with Gasteiger partial charge in [0.1, 0.15) is 6.17 Å². The summed E-state index contributed by atoms with van der Waals surface area (Å²) >= 11 is 0. The molecule has 2 saturated heterocycles. The van der Waals surface area contributed by atoms with Crippen molar-refractivity contribution in [3.63, 3.8) is 0 Å². The van der Waals surface area contributed by atoms with Crippen molar-refractivity contribution in [2.45, 2.75) is 52.0 Å². The quantitative estimate of drug-likeness (QED) is 0.650. The third-order valence-corrected chi connectivity index (χ3v) is 3.93. The van der Waals surface area contributed by atoms with Crippen LogP contribution in [0.4, 0.5) is 0 Å². The first-order chi connectivity index (χ1) is 8.86. The molecule has 0 N–H and O–H groups in total. The fraction of sp³-hybridized carbons (Fsp3) is 1.00. The van der Waals surface area contributed by atoms with Crippen LogP contribution in [0.5, 0.6) is 0 Å². The fourth-order valence-electron chi connectivity index (χ4n) is 3.14. The predicted octanol–water partition coefficient (Wildman–Crippen LogP) is 1.90. The minimum atomic E-state index is -0.0869. The number of nitrogens with zero attached hydrogens (tertiary/aromatic N) is 2. The number of rotatable bonds is 7. The summed E-state index contributed by atoms with van der Waals surface area (Å²) in [5.41, 5.74) is 0. The largest absolute Gasteiger partial charge is 0.350 e. The Balaban J connectivity index is 2.04. The SMILES string of the molecule is CCOC(OCC)C(N1CCCC1)N1CCCC1. The van der Waals surface area contributed by atoms with E-state index in [0.717, 1.165) is 13.2 Å². The van der Waals surface area contributed by atoms with E-state index in [0.29, 0.717) is 6.17 Å². The maximum absolute atomic E-state index is 5.86. The van der Waals surface area contributed by atoms with Gasteiger partial charge in [-0.1, -0.05) is 0 Å². The van der Waals surface area contributed by atoms with Crippen molar-refractivity contribution in [3.8, 4) is 0 Å². The fourth-order valence-corrected chi connectivity index (χ4v) is 3.14. The monoisotopic (exact) mass is 256 g/mol. The van der Waals surface area contributed by atoms with Gasteiger partial charge in [-0.15, -0.1) is 0 Å². The standard InChI is InChI=1S/C14H28N2O2/c1-3-17-14(18-4-2)13(15-9-5-6-10-15)16-11-7-8-12-16/h13-14H,3-12H2,1-2H3. The number of hydrogen-bond donors (Lipinski definition) is 0. The number of hydrogen-bond acceptors (Lipinski definition) is 4. The number of ether oxygens (including phenoxy) is 2. The minimum Gasteiger partial charge on any atom is -0.350 e. The van der Waals surface area contributed by atoms with E-state index in [1.807, 2.05) is 0 Å². The molecule has 4 heteroatoms. The van der Waals surface area contributed by atoms with Gasteiger partial charge in [-0.3, -0.25) is 9.80 Å². The topological polar surface area (TPSA) is 24.9 Å². The maximum Gasteiger partial charge on any atom is 0.186 e. The second kappa shape index (κ2) is 7.43. The van der Waals surface area contributed by atoms with Gasteiger partial charge in [0.2, 0.25) is 0 Å². The zero-order chi connectivity index (χ0) is 12.8. The molecule has 4 nitrogen and oxygen atoms in total. The Labute approximate surface area is 111 Å². The van der Waals surface area contributed by atoms with Crippen LogP contribution < -0.4 is 0 Å². The molecule has 0 saturated carbocycles. The number of likely N-dealkylation sites (tertiary alicyclic amines) is 2. The summed E-state index contributed by atoms with van der Waals surface area (Å²) in [4.78, 5) is 5.11. The van der Waals surface area contributed by atoms with Gasteiger partial charge in [0.15, 0.2) is 6.29 Å². The van der Waals surface area contributed by atoms with Crippen molar-refractivity contribution in [3.05, 3.63) is 0 Å². The van der Waals surface area contributed by atoms with Crippen LogP contribution in [0.2, 0.25) is 0 Å². The molecule has 0 aromatic carbocycles. The zero-order valence-corrected chi connectivity index (χ0v) is 11.9. The zero-order valence-electron chi connectivity index (χ0n) is 11.9. The summed E-state index contributed by atoms with van der Waals surface area (Å²) in [6, 6.07) is 0. The van der Waals surface area contributed by atoms with E-state index < -0.39 is 0 Å². The van der Waals surface area contributed by atoms with Crippen LogP contribution >= 0.6 is 0 Å². The molecule has 2 aliphatic rings. The molecule has 106 valence electrons. The van der Waals surface area contributed by atoms with Crippen molar-refractivity contribution in [1.29, 1.82) is 0 Å². The molecule has 0 aromatic rings. The lowest BCUT2D eigenvalue weighted by Gasteiger charge is -2.39. The van der Waals surface area contributed by atoms with Gasteiger partial charge in [0.05, 0.1) is 0 Å². The third-order valence-electron chi connectivity index (χ3n) is 3.93. The van der Waals surface area contributed by atoms with Crippen LogP contribution in [-0.4, -0.2) is 61.6 Å². The summed E-state index contributed by atoms with van der Waals surface area (Å²) in [6.45, 7) is 10.3. The molecule has 0 amide bonds. The summed E-state index contributed by atoms with van der Waals surface area (Å²) < 4.78 is 11.7. The molecule has 0 aromatic heterocycles. The lowest BCUT2D eigenvalue weighted by Crippen LogP contribution is -2.54. The second-order valence-corrected chi connectivity index (χ2v) is 5.18. The summed E-state index contributed by atoms with van der Waals surface area (Å²) in [7, 11) is 0. The normalized spacial score (nSPS) is 22.7. The molecule has 0 unspecified atom stereocenters. The Hall–Kier alpha value is -0.160. The highest BCUT2D eigenvalue weighted by molar-refractivity contribution is 4.83. The van der Waals surface area contributed by atoms with Gasteiger partial charge in [-0.2, -0.15) is 0 Å². The Morgan fingerprint density at radius 3 is 1.50 bits per heavy atom. The first-order valence-corrected chi connectivity index (χ1v) is 7.58. The highest BCUT2D eigenvalue weighted by Crippen LogP contribution is 2.23. The average Bonchev–Trinajstić information content (AvgIpc) is 3.03. The van der Waals surface area contributed by atoms with E-state index >= 15 is 0 Å². The van der Waals surface area contributed by atoms with Gasteiger partial charge in [0.25, 0.3) is 0 Å². The summed E-state index contributed by atoms with van der Waals surface area (Å²) in [6.07, 6.45) is 5.50. The molecule has 2 fully saturated rings. The molecule has 2 aliphatic heterocycles. The molecule has 0 aliphatic carbocycles. The Morgan fingerprint density at radius 1 is 0.778 bits per heavy atom. The van der Waals surface area contributed by atoms with Crippen LogP contribution in [0.3, 0.4) is 0 Å². The van der Waals surface area contributed by atoms with Crippen molar-refractivity contribution in [2.75, 3.05) is 39.4 Å². The van der Waals surface area contributed by atoms with Crippen LogP contribution in [0, 0.1) is 0 Å². The van der Waals surface area contributed by atoms with Crippen molar-refractivity contribution < 1.29 is 9.47 Å². The van der Waals surface area contributed by atoms with Gasteiger partial charge in [0, 0.05) is 13.2 Å². The van der Waals surface area contributed by atoms with Crippen LogP contribution in [0.15, 0.2) is 0 Å². The Kier molecular flexibility index (Phi) is 5.89. The van der Waals surface area contributed by atoms with E-state index in [-0.39, 0.29) is 6.29 Å². The average molecular weight is 256 g/mol. The van der Waals surface area contributed by atoms with E-state index in [1.54, 1.807) is 0 Å². The lowest BCUT2D eigenvalue weighted by atomic mass is 10.3. The highest BCUT2D eigenvalue weighted by atomic mass is 16.7. The van der Waals surface area contributed by atoms with Crippen molar-refractivity contribution >= 4 is 0 Å². The van der Waals surface area contributed by atoms with Crippen LogP contribution in [-0.2, 0) is 9.47 Å². The second-order valence-electron chi connectivity index (χ2n) is 5.18. The lowest BCUT2D eigenvalue weighted by molar-refractivity contribution is -0.202.